The van der Waals surface area contributed by atoms with E-state index in [1.54, 1.807) is 32.1 Å². The van der Waals surface area contributed by atoms with Crippen LogP contribution in [0.4, 0.5) is 0 Å². The van der Waals surface area contributed by atoms with Gasteiger partial charge in [-0.25, -0.2) is 18.2 Å². The third-order valence-corrected chi connectivity index (χ3v) is 7.53. The maximum atomic E-state index is 12.7. The molecule has 3 rings (SSSR count). The van der Waals surface area contributed by atoms with Gasteiger partial charge < -0.3 is 4.74 Å². The zero-order valence-corrected chi connectivity index (χ0v) is 17.9. The number of nitrogens with zero attached hydrogens (tertiary/aromatic N) is 2. The van der Waals surface area contributed by atoms with E-state index >= 15 is 0 Å². The number of hydrogen-bond donors (Lipinski definition) is 0. The number of esters is 1. The first kappa shape index (κ1) is 19.9. The number of ether oxygens (including phenoxy) is 1. The topological polar surface area (TPSA) is 76.0 Å². The van der Waals surface area contributed by atoms with Crippen LogP contribution in [-0.2, 0) is 19.6 Å². The summed E-state index contributed by atoms with van der Waals surface area (Å²) >= 11 is 4.84. The SMILES string of the molecule is CCN(CC)S(=O)(=O)c1cccc(C2=N/C(=C\c3ccc(Br)s3)C(=O)O2)c1. The molecule has 0 saturated carbocycles. The predicted molar refractivity (Wildman–Crippen MR) is 109 cm³/mol. The number of halogens is 1. The molecule has 0 amide bonds. The van der Waals surface area contributed by atoms with Crippen LogP contribution in [0.3, 0.4) is 0 Å². The highest BCUT2D eigenvalue weighted by Gasteiger charge is 2.27. The Morgan fingerprint density at radius 3 is 2.59 bits per heavy atom. The van der Waals surface area contributed by atoms with Crippen molar-refractivity contribution in [1.82, 2.24) is 4.31 Å². The molecule has 1 aliphatic rings. The van der Waals surface area contributed by atoms with Crippen LogP contribution in [0.1, 0.15) is 24.3 Å². The Bertz CT molecular complexity index is 1040. The van der Waals surface area contributed by atoms with Crippen molar-refractivity contribution in [3.8, 4) is 0 Å². The first-order valence-electron chi connectivity index (χ1n) is 8.23. The first-order valence-corrected chi connectivity index (χ1v) is 11.3. The van der Waals surface area contributed by atoms with Gasteiger partial charge in [0.25, 0.3) is 0 Å². The smallest absolute Gasteiger partial charge is 0.363 e. The van der Waals surface area contributed by atoms with Gasteiger partial charge in [-0.15, -0.1) is 11.3 Å². The molecule has 0 aliphatic carbocycles. The van der Waals surface area contributed by atoms with E-state index in [1.165, 1.54) is 27.8 Å². The lowest BCUT2D eigenvalue weighted by atomic mass is 10.2. The van der Waals surface area contributed by atoms with E-state index in [9.17, 15) is 13.2 Å². The number of cyclic esters (lactones) is 1. The van der Waals surface area contributed by atoms with Crippen molar-refractivity contribution in [3.05, 3.63) is 56.3 Å². The molecule has 1 aliphatic heterocycles. The van der Waals surface area contributed by atoms with Crippen molar-refractivity contribution in [2.75, 3.05) is 13.1 Å². The maximum absolute atomic E-state index is 12.7. The van der Waals surface area contributed by atoms with Gasteiger partial charge in [0.15, 0.2) is 5.70 Å². The second-order valence-corrected chi connectivity index (χ2v) is 10.0. The van der Waals surface area contributed by atoms with Crippen molar-refractivity contribution in [2.45, 2.75) is 18.7 Å². The van der Waals surface area contributed by atoms with Crippen LogP contribution in [0.2, 0.25) is 0 Å². The summed E-state index contributed by atoms with van der Waals surface area (Å²) in [7, 11) is -3.61. The Labute approximate surface area is 170 Å². The number of thiophene rings is 1. The van der Waals surface area contributed by atoms with Gasteiger partial charge in [0, 0.05) is 23.5 Å². The van der Waals surface area contributed by atoms with Gasteiger partial charge in [-0.3, -0.25) is 0 Å². The lowest BCUT2D eigenvalue weighted by molar-refractivity contribution is -0.129. The molecule has 0 saturated heterocycles. The van der Waals surface area contributed by atoms with E-state index in [1.807, 2.05) is 12.1 Å². The van der Waals surface area contributed by atoms with Crippen molar-refractivity contribution in [1.29, 1.82) is 0 Å². The molecule has 0 unspecified atom stereocenters. The number of sulfonamides is 1. The monoisotopic (exact) mass is 468 g/mol. The molecule has 1 aromatic heterocycles. The van der Waals surface area contributed by atoms with Crippen LogP contribution in [0.5, 0.6) is 0 Å². The van der Waals surface area contributed by atoms with Gasteiger partial charge in [0.2, 0.25) is 15.9 Å². The number of carbonyl (C=O) groups is 1. The Morgan fingerprint density at radius 2 is 1.96 bits per heavy atom. The van der Waals surface area contributed by atoms with Crippen LogP contribution in [0, 0.1) is 0 Å². The Morgan fingerprint density at radius 1 is 1.22 bits per heavy atom. The predicted octanol–water partition coefficient (Wildman–Crippen LogP) is 3.89. The number of aliphatic imine (C=N–C) groups is 1. The molecule has 142 valence electrons. The Kier molecular flexibility index (Phi) is 5.95. The maximum Gasteiger partial charge on any atom is 0.363 e. The Balaban J connectivity index is 1.95. The molecule has 2 aromatic rings. The number of carbonyl (C=O) groups excluding carboxylic acids is 1. The van der Waals surface area contributed by atoms with Gasteiger partial charge in [0.05, 0.1) is 8.68 Å². The third-order valence-electron chi connectivity index (χ3n) is 3.92. The third kappa shape index (κ3) is 4.21. The summed E-state index contributed by atoms with van der Waals surface area (Å²) in [6.45, 7) is 4.33. The van der Waals surface area contributed by atoms with Crippen molar-refractivity contribution in [2.24, 2.45) is 4.99 Å². The lowest BCUT2D eigenvalue weighted by Crippen LogP contribution is -2.30. The highest BCUT2D eigenvalue weighted by atomic mass is 79.9. The highest BCUT2D eigenvalue weighted by molar-refractivity contribution is 9.11. The molecule has 0 radical (unpaired) electrons. The van der Waals surface area contributed by atoms with Gasteiger partial charge in [0.1, 0.15) is 0 Å². The highest BCUT2D eigenvalue weighted by Crippen LogP contribution is 2.27. The normalized spacial score (nSPS) is 16.1. The van der Waals surface area contributed by atoms with E-state index in [0.29, 0.717) is 18.7 Å². The minimum atomic E-state index is -3.61. The number of hydrogen-bond acceptors (Lipinski definition) is 6. The molecule has 0 atom stereocenters. The van der Waals surface area contributed by atoms with Gasteiger partial charge >= 0.3 is 5.97 Å². The van der Waals surface area contributed by atoms with Crippen molar-refractivity contribution >= 4 is 55.2 Å². The summed E-state index contributed by atoms with van der Waals surface area (Å²) in [5, 5.41) is 0. The average Bonchev–Trinajstić information content (AvgIpc) is 3.22. The first-order chi connectivity index (χ1) is 12.8. The average molecular weight is 469 g/mol. The molecule has 0 spiro atoms. The number of benzene rings is 1. The van der Waals surface area contributed by atoms with Crippen LogP contribution in [0.25, 0.3) is 6.08 Å². The van der Waals surface area contributed by atoms with E-state index in [4.69, 9.17) is 4.74 Å². The Hall–Kier alpha value is -1.81. The zero-order chi connectivity index (χ0) is 19.6. The lowest BCUT2D eigenvalue weighted by Gasteiger charge is -2.18. The zero-order valence-electron chi connectivity index (χ0n) is 14.7. The molecule has 1 aromatic carbocycles. The fourth-order valence-electron chi connectivity index (χ4n) is 2.58. The summed E-state index contributed by atoms with van der Waals surface area (Å²) in [6.07, 6.45) is 1.64. The van der Waals surface area contributed by atoms with E-state index in [-0.39, 0.29) is 16.5 Å². The molecular formula is C18H17BrN2O4S2. The summed E-state index contributed by atoms with van der Waals surface area (Å²) in [6, 6.07) is 10.0. The molecule has 0 fully saturated rings. The molecular weight excluding hydrogens is 452 g/mol. The quantitative estimate of drug-likeness (QED) is 0.475. The molecule has 9 heteroatoms. The fraction of sp³-hybridized carbons (Fsp3) is 0.222. The van der Waals surface area contributed by atoms with E-state index < -0.39 is 16.0 Å². The van der Waals surface area contributed by atoms with Gasteiger partial charge in [-0.05, 0) is 52.3 Å². The molecule has 2 heterocycles. The minimum Gasteiger partial charge on any atom is -0.402 e. The van der Waals surface area contributed by atoms with Crippen LogP contribution in [-0.4, -0.2) is 37.7 Å². The summed E-state index contributed by atoms with van der Waals surface area (Å²) < 4.78 is 33.0. The van der Waals surface area contributed by atoms with Crippen molar-refractivity contribution in [3.63, 3.8) is 0 Å². The van der Waals surface area contributed by atoms with Crippen molar-refractivity contribution < 1.29 is 17.9 Å². The largest absolute Gasteiger partial charge is 0.402 e. The standard InChI is InChI=1S/C18H17BrN2O4S2/c1-3-21(4-2)27(23,24)14-7-5-6-12(10-14)17-20-15(18(22)25-17)11-13-8-9-16(19)26-13/h5-11H,3-4H2,1-2H3/b15-11-. The van der Waals surface area contributed by atoms with E-state index in [0.717, 1.165) is 8.66 Å². The van der Waals surface area contributed by atoms with Crippen LogP contribution in [0.15, 0.2) is 55.8 Å². The van der Waals surface area contributed by atoms with Gasteiger partial charge in [-0.1, -0.05) is 19.9 Å². The summed E-state index contributed by atoms with van der Waals surface area (Å²) in [5.74, 6) is -0.468. The second kappa shape index (κ2) is 8.05. The van der Waals surface area contributed by atoms with E-state index in [2.05, 4.69) is 20.9 Å². The molecule has 27 heavy (non-hydrogen) atoms. The summed E-state index contributed by atoms with van der Waals surface area (Å²) in [5.41, 5.74) is 0.615. The fourth-order valence-corrected chi connectivity index (χ4v) is 5.44. The van der Waals surface area contributed by atoms with Gasteiger partial charge in [-0.2, -0.15) is 4.31 Å². The van der Waals surface area contributed by atoms with Crippen LogP contribution >= 0.6 is 27.3 Å². The molecule has 0 bridgehead atoms. The molecule has 0 N–H and O–H groups in total. The van der Waals surface area contributed by atoms with Crippen LogP contribution < -0.4 is 0 Å². The number of rotatable bonds is 6. The minimum absolute atomic E-state index is 0.0958. The second-order valence-electron chi connectivity index (χ2n) is 5.60. The molecule has 6 nitrogen and oxygen atoms in total. The summed E-state index contributed by atoms with van der Waals surface area (Å²) in [4.78, 5) is 17.4.